The van der Waals surface area contributed by atoms with Crippen molar-refractivity contribution < 1.29 is 36.6 Å². The van der Waals surface area contributed by atoms with E-state index in [1.165, 1.54) is 19.2 Å². The Kier molecular flexibility index (Phi) is 12.3. The number of ether oxygens (including phenoxy) is 3. The average Bonchev–Trinajstić information content (AvgIpc) is 3.87. The Morgan fingerprint density at radius 2 is 1.69 bits per heavy atom. The first-order valence-electron chi connectivity index (χ1n) is 22.3. The van der Waals surface area contributed by atoms with Crippen LogP contribution in [0.5, 0.6) is 11.8 Å². The van der Waals surface area contributed by atoms with Gasteiger partial charge in [-0.2, -0.15) is 9.97 Å². The number of carbonyl (C=O) groups excluding carboxylic acids is 1. The monoisotopic (exact) mass is 873 g/mol. The molecule has 1 N–H and O–H groups in total. The van der Waals surface area contributed by atoms with Gasteiger partial charge in [-0.3, -0.25) is 9.69 Å². The molecule has 332 valence electrons. The summed E-state index contributed by atoms with van der Waals surface area (Å²) in [5, 5.41) is 4.31. The minimum Gasteiger partial charge on any atom is -0.493 e. The van der Waals surface area contributed by atoms with E-state index in [-0.39, 0.29) is 93.3 Å². The molecule has 1 aromatic heterocycles. The Labute approximate surface area is 363 Å². The number of anilines is 1. The summed E-state index contributed by atoms with van der Waals surface area (Å²) in [5.41, 5.74) is 3.48. The number of alkyl halides is 1. The second kappa shape index (κ2) is 17.3. The number of aromatic nitrogens is 2. The van der Waals surface area contributed by atoms with Gasteiger partial charge in [0.2, 0.25) is 0 Å². The fraction of sp³-hybridized carbons (Fsp3) is 0.562. The van der Waals surface area contributed by atoms with Crippen molar-refractivity contribution in [2.24, 2.45) is 0 Å². The van der Waals surface area contributed by atoms with E-state index in [9.17, 15) is 9.18 Å². The molecule has 4 fully saturated rings. The Hall–Kier alpha value is -4.45. The predicted molar refractivity (Wildman–Crippen MR) is 238 cm³/mol. The zero-order valence-corrected chi connectivity index (χ0v) is 38.2. The van der Waals surface area contributed by atoms with E-state index in [1.54, 1.807) is 19.1 Å². The molecule has 9 nitrogen and oxygen atoms in total. The number of rotatable bonds is 12. The van der Waals surface area contributed by atoms with Gasteiger partial charge in [0.25, 0.3) is 0 Å². The number of esters is 1. The van der Waals surface area contributed by atoms with Crippen molar-refractivity contribution in [3.8, 4) is 34.4 Å². The van der Waals surface area contributed by atoms with Crippen molar-refractivity contribution in [1.29, 1.82) is 0 Å². The maximum atomic E-state index is 18.1. The highest BCUT2D eigenvalue weighted by atomic mass is 28.3. The maximum absolute atomic E-state index is 18.1. The van der Waals surface area contributed by atoms with E-state index in [2.05, 4.69) is 68.2 Å². The van der Waals surface area contributed by atoms with Gasteiger partial charge in [0.1, 0.15) is 38.0 Å². The second-order valence-corrected chi connectivity index (χ2v) is 24.4. The SMILES string of the molecule is CCOC(=O)Cc1cc(-c2c(F)c(OC)c3c(N4CC5CCC(C4)N5)nc(OC[C@@]45CCCN4C[C@H](F)C5)nc3c2F)c2c(C#C[Si](C(C)C)(C(C)C)C(C)C)c(F)ccc2c1. The summed E-state index contributed by atoms with van der Waals surface area (Å²) < 4.78 is 84.6. The van der Waals surface area contributed by atoms with Crippen molar-refractivity contribution in [3.63, 3.8) is 0 Å². The van der Waals surface area contributed by atoms with E-state index < -0.39 is 48.8 Å². The number of piperazine rings is 1. The number of benzene rings is 3. The van der Waals surface area contributed by atoms with E-state index in [1.807, 2.05) is 4.90 Å². The summed E-state index contributed by atoms with van der Waals surface area (Å²) in [6.45, 7) is 17.1. The number of hydrogen-bond donors (Lipinski definition) is 1. The summed E-state index contributed by atoms with van der Waals surface area (Å²) in [5.74, 6) is 0.0468. The van der Waals surface area contributed by atoms with Crippen molar-refractivity contribution in [2.75, 3.05) is 51.4 Å². The van der Waals surface area contributed by atoms with Gasteiger partial charge in [0.15, 0.2) is 17.4 Å². The molecule has 5 heterocycles. The van der Waals surface area contributed by atoms with Crippen molar-refractivity contribution in [1.82, 2.24) is 20.2 Å². The number of halogens is 4. The average molecular weight is 874 g/mol. The van der Waals surface area contributed by atoms with E-state index in [0.717, 1.165) is 32.2 Å². The highest BCUT2D eigenvalue weighted by Crippen LogP contribution is 2.47. The van der Waals surface area contributed by atoms with Gasteiger partial charge >= 0.3 is 12.0 Å². The van der Waals surface area contributed by atoms with E-state index in [0.29, 0.717) is 37.0 Å². The first-order chi connectivity index (χ1) is 29.6. The summed E-state index contributed by atoms with van der Waals surface area (Å²) in [7, 11) is -1.10. The summed E-state index contributed by atoms with van der Waals surface area (Å²) in [6.07, 6.45) is 2.70. The molecule has 0 saturated carbocycles. The smallest absolute Gasteiger partial charge is 0.319 e. The van der Waals surface area contributed by atoms with Crippen LogP contribution in [0.2, 0.25) is 16.6 Å². The molecule has 3 aromatic carbocycles. The van der Waals surface area contributed by atoms with Gasteiger partial charge in [-0.15, -0.1) is 5.54 Å². The Morgan fingerprint density at radius 1 is 0.984 bits per heavy atom. The lowest BCUT2D eigenvalue weighted by Gasteiger charge is -2.38. The minimum atomic E-state index is -2.42. The Morgan fingerprint density at radius 3 is 2.35 bits per heavy atom. The van der Waals surface area contributed by atoms with Crippen LogP contribution >= 0.6 is 0 Å². The molecular formula is C48H59F4N5O4Si. The molecule has 62 heavy (non-hydrogen) atoms. The molecule has 14 heteroatoms. The van der Waals surface area contributed by atoms with Crippen molar-refractivity contribution in [3.05, 3.63) is 52.8 Å². The fourth-order valence-electron chi connectivity index (χ4n) is 11.5. The third-order valence-corrected chi connectivity index (χ3v) is 20.5. The molecule has 4 atom stereocenters. The lowest BCUT2D eigenvalue weighted by Crippen LogP contribution is -2.51. The molecule has 2 unspecified atom stereocenters. The second-order valence-electron chi connectivity index (χ2n) is 18.8. The Bertz CT molecular complexity index is 2420. The molecule has 2 bridgehead atoms. The van der Waals surface area contributed by atoms with Gasteiger partial charge in [-0.1, -0.05) is 59.6 Å². The minimum absolute atomic E-state index is 0.00465. The van der Waals surface area contributed by atoms with E-state index >= 15 is 13.2 Å². The van der Waals surface area contributed by atoms with Gasteiger partial charge in [0.05, 0.1) is 42.2 Å². The fourth-order valence-corrected chi connectivity index (χ4v) is 16.7. The highest BCUT2D eigenvalue weighted by molar-refractivity contribution is 6.90. The first kappa shape index (κ1) is 44.2. The van der Waals surface area contributed by atoms with Crippen LogP contribution in [0.1, 0.15) is 91.7 Å². The lowest BCUT2D eigenvalue weighted by atomic mass is 9.90. The van der Waals surface area contributed by atoms with Crippen LogP contribution in [0.3, 0.4) is 0 Å². The van der Waals surface area contributed by atoms with Crippen LogP contribution in [0.15, 0.2) is 24.3 Å². The molecule has 8 rings (SSSR count). The highest BCUT2D eigenvalue weighted by Gasteiger charge is 2.50. The Balaban J connectivity index is 1.39. The van der Waals surface area contributed by atoms with Gasteiger partial charge < -0.3 is 24.4 Å². The molecule has 4 aromatic rings. The lowest BCUT2D eigenvalue weighted by molar-refractivity contribution is -0.142. The summed E-state index contributed by atoms with van der Waals surface area (Å²) in [4.78, 5) is 26.6. The third-order valence-electron chi connectivity index (χ3n) is 14.2. The quantitative estimate of drug-likeness (QED) is 0.0648. The molecule has 0 aliphatic carbocycles. The van der Waals surface area contributed by atoms with Gasteiger partial charge in [0, 0.05) is 43.5 Å². The topological polar surface area (TPSA) is 89.0 Å². The van der Waals surface area contributed by atoms with Crippen LogP contribution in [0.4, 0.5) is 23.4 Å². The molecule has 0 amide bonds. The normalized spacial score (nSPS) is 22.6. The zero-order chi connectivity index (χ0) is 44.2. The number of nitrogens with zero attached hydrogens (tertiary/aromatic N) is 4. The summed E-state index contributed by atoms with van der Waals surface area (Å²) >= 11 is 0. The van der Waals surface area contributed by atoms with Gasteiger partial charge in [-0.25, -0.2) is 17.6 Å². The summed E-state index contributed by atoms with van der Waals surface area (Å²) in [6, 6.07) is 6.28. The largest absolute Gasteiger partial charge is 0.493 e. The number of hydrogen-bond acceptors (Lipinski definition) is 9. The molecule has 4 aliphatic rings. The van der Waals surface area contributed by atoms with Crippen molar-refractivity contribution in [2.45, 2.75) is 127 Å². The molecule has 4 saturated heterocycles. The van der Waals surface area contributed by atoms with Crippen LogP contribution in [0, 0.1) is 28.9 Å². The van der Waals surface area contributed by atoms with Crippen molar-refractivity contribution >= 4 is 41.5 Å². The van der Waals surface area contributed by atoms with Crippen LogP contribution in [0.25, 0.3) is 32.8 Å². The van der Waals surface area contributed by atoms with Crippen LogP contribution in [-0.2, 0) is 16.0 Å². The van der Waals surface area contributed by atoms with E-state index in [4.69, 9.17) is 19.2 Å². The zero-order valence-electron chi connectivity index (χ0n) is 37.2. The number of fused-ring (bicyclic) bond motifs is 5. The standard InChI is InChI=1S/C48H59F4N5O4Si/c1-9-60-38(58)21-30-19-31-11-14-37(50)35(15-18-62(27(2)3,28(4)5)29(6)7)39(31)36(20-30)40-42(51)44-41(45(59-8)43(40)52)46(56-24-33-12-13-34(25-56)53-33)55-47(54-44)61-26-48-16-10-17-57(48)23-32(49)22-48/h11,14,19-20,27-29,32-34,53H,9-10,12-13,16-17,21-26H2,1-8H3/t32-,33?,34?,48+/m1/s1. The first-order valence-corrected chi connectivity index (χ1v) is 24.6. The molecule has 4 aliphatic heterocycles. The third kappa shape index (κ3) is 7.70. The van der Waals surface area contributed by atoms with Crippen LogP contribution < -0.4 is 19.7 Å². The number of carbonyl (C=O) groups is 1. The van der Waals surface area contributed by atoms with Crippen LogP contribution in [-0.4, -0.2) is 99.2 Å². The predicted octanol–water partition coefficient (Wildman–Crippen LogP) is 9.45. The molecule has 0 spiro atoms. The molecular weight excluding hydrogens is 815 g/mol. The molecule has 0 radical (unpaired) electrons. The van der Waals surface area contributed by atoms with Gasteiger partial charge in [-0.05, 0) is 84.4 Å². The maximum Gasteiger partial charge on any atom is 0.319 e. The number of methoxy groups -OCH3 is 1. The number of nitrogens with one attached hydrogen (secondary N) is 1.